The zero-order valence-electron chi connectivity index (χ0n) is 12.0. The Kier molecular flexibility index (Phi) is 3.95. The summed E-state index contributed by atoms with van der Waals surface area (Å²) in [6, 6.07) is 7.00. The minimum Gasteiger partial charge on any atom is -0.388 e. The molecule has 2 heterocycles. The fourth-order valence-electron chi connectivity index (χ4n) is 2.70. The zero-order chi connectivity index (χ0) is 15.6. The van der Waals surface area contributed by atoms with Gasteiger partial charge < -0.3 is 15.5 Å². The van der Waals surface area contributed by atoms with Crippen molar-refractivity contribution in [2.45, 2.75) is 24.9 Å². The van der Waals surface area contributed by atoms with Gasteiger partial charge in [0.15, 0.2) is 0 Å². The number of benzene rings is 1. The summed E-state index contributed by atoms with van der Waals surface area (Å²) in [5.74, 6) is 6.09. The lowest BCUT2D eigenvalue weighted by atomic mass is 9.87. The summed E-state index contributed by atoms with van der Waals surface area (Å²) in [7, 11) is 0. The van der Waals surface area contributed by atoms with E-state index in [9.17, 15) is 4.79 Å². The van der Waals surface area contributed by atoms with E-state index in [1.54, 1.807) is 4.90 Å². The van der Waals surface area contributed by atoms with Crippen LogP contribution >= 0.6 is 11.6 Å². The monoisotopic (exact) mass is 317 g/mol. The van der Waals surface area contributed by atoms with E-state index in [-0.39, 0.29) is 11.6 Å². The average molecular weight is 318 g/mol. The van der Waals surface area contributed by atoms with Crippen molar-refractivity contribution in [1.82, 2.24) is 4.90 Å². The van der Waals surface area contributed by atoms with Gasteiger partial charge in [-0.05, 0) is 24.1 Å². The van der Waals surface area contributed by atoms with E-state index in [0.717, 1.165) is 24.1 Å². The van der Waals surface area contributed by atoms with Crippen LogP contribution in [0.25, 0.3) is 0 Å². The predicted molar refractivity (Wildman–Crippen MR) is 84.6 cm³/mol. The van der Waals surface area contributed by atoms with Gasteiger partial charge in [-0.3, -0.25) is 0 Å². The third-order valence-electron chi connectivity index (χ3n) is 4.00. The molecule has 3 rings (SSSR count). The van der Waals surface area contributed by atoms with Crippen LogP contribution in [0.3, 0.4) is 0 Å². The zero-order valence-corrected chi connectivity index (χ0v) is 12.8. The first kappa shape index (κ1) is 14.7. The Bertz CT molecular complexity index is 682. The van der Waals surface area contributed by atoms with Gasteiger partial charge in [0, 0.05) is 42.9 Å². The maximum atomic E-state index is 11.2. The second kappa shape index (κ2) is 5.90. The molecular weight excluding hydrogens is 302 g/mol. The molecule has 5 nitrogen and oxygen atoms in total. The number of primary amides is 1. The standard InChI is InChI=1S/C16H16ClN3O2/c17-13-3-1-2-12(10-13)4-5-14-11-16(22-19-14)6-8-20(9-7-16)15(18)21/h1-3,10H,6-9,11H2,(H2,18,21). The van der Waals surface area contributed by atoms with Crippen molar-refractivity contribution in [3.63, 3.8) is 0 Å². The molecule has 114 valence electrons. The average Bonchev–Trinajstić information content (AvgIpc) is 2.89. The highest BCUT2D eigenvalue weighted by Gasteiger charge is 2.42. The van der Waals surface area contributed by atoms with Crippen LogP contribution in [-0.4, -0.2) is 35.3 Å². The highest BCUT2D eigenvalue weighted by molar-refractivity contribution is 6.30. The topological polar surface area (TPSA) is 67.9 Å². The van der Waals surface area contributed by atoms with Gasteiger partial charge in [0.25, 0.3) is 0 Å². The van der Waals surface area contributed by atoms with E-state index in [0.29, 0.717) is 24.5 Å². The van der Waals surface area contributed by atoms with Gasteiger partial charge in [-0.25, -0.2) is 4.79 Å². The van der Waals surface area contributed by atoms with E-state index in [1.807, 2.05) is 24.3 Å². The number of hydrogen-bond acceptors (Lipinski definition) is 3. The van der Waals surface area contributed by atoms with E-state index in [2.05, 4.69) is 17.0 Å². The molecule has 2 amide bonds. The maximum absolute atomic E-state index is 11.2. The number of amides is 2. The minimum atomic E-state index is -0.380. The molecule has 1 spiro atoms. The SMILES string of the molecule is NC(=O)N1CCC2(CC1)CC(C#Cc1cccc(Cl)c1)=NO2. The largest absolute Gasteiger partial charge is 0.388 e. The van der Waals surface area contributed by atoms with Crippen molar-refractivity contribution in [2.75, 3.05) is 13.1 Å². The van der Waals surface area contributed by atoms with Crippen molar-refractivity contribution in [3.05, 3.63) is 34.9 Å². The molecule has 2 N–H and O–H groups in total. The highest BCUT2D eigenvalue weighted by atomic mass is 35.5. The number of carbonyl (C=O) groups is 1. The molecule has 1 aromatic carbocycles. The van der Waals surface area contributed by atoms with Gasteiger partial charge in [0.05, 0.1) is 0 Å². The van der Waals surface area contributed by atoms with E-state index >= 15 is 0 Å². The second-order valence-electron chi connectivity index (χ2n) is 5.57. The smallest absolute Gasteiger partial charge is 0.314 e. The highest BCUT2D eigenvalue weighted by Crippen LogP contribution is 2.34. The molecule has 0 bridgehead atoms. The summed E-state index contributed by atoms with van der Waals surface area (Å²) in [5.41, 5.74) is 6.54. The van der Waals surface area contributed by atoms with E-state index < -0.39 is 0 Å². The van der Waals surface area contributed by atoms with Crippen molar-refractivity contribution in [1.29, 1.82) is 0 Å². The molecule has 1 fully saturated rings. The van der Waals surface area contributed by atoms with Crippen molar-refractivity contribution in [3.8, 4) is 11.8 Å². The van der Waals surface area contributed by atoms with Crippen molar-refractivity contribution >= 4 is 23.3 Å². The molecule has 2 aliphatic rings. The molecule has 0 unspecified atom stereocenters. The van der Waals surface area contributed by atoms with Gasteiger partial charge in [0.2, 0.25) is 0 Å². The van der Waals surface area contributed by atoms with Crippen LogP contribution in [0.15, 0.2) is 29.4 Å². The molecule has 6 heteroatoms. The Morgan fingerprint density at radius 2 is 2.14 bits per heavy atom. The Labute approximate surface area is 134 Å². The molecular formula is C16H16ClN3O2. The number of piperidine rings is 1. The second-order valence-corrected chi connectivity index (χ2v) is 6.01. The summed E-state index contributed by atoms with van der Waals surface area (Å²) in [6.07, 6.45) is 2.12. The van der Waals surface area contributed by atoms with Gasteiger partial charge >= 0.3 is 6.03 Å². The molecule has 0 aromatic heterocycles. The van der Waals surface area contributed by atoms with E-state index in [1.165, 1.54) is 0 Å². The summed E-state index contributed by atoms with van der Waals surface area (Å²) >= 11 is 5.93. The van der Waals surface area contributed by atoms with Gasteiger partial charge in [-0.2, -0.15) is 0 Å². The lowest BCUT2D eigenvalue weighted by molar-refractivity contribution is -0.0546. The lowest BCUT2D eigenvalue weighted by Gasteiger charge is -2.36. The number of urea groups is 1. The normalized spacial score (nSPS) is 19.1. The summed E-state index contributed by atoms with van der Waals surface area (Å²) in [6.45, 7) is 1.19. The molecule has 2 aliphatic heterocycles. The van der Waals surface area contributed by atoms with E-state index in [4.69, 9.17) is 22.2 Å². The van der Waals surface area contributed by atoms with Crippen LogP contribution in [0.2, 0.25) is 5.02 Å². The van der Waals surface area contributed by atoms with Crippen LogP contribution < -0.4 is 5.73 Å². The van der Waals surface area contributed by atoms with Gasteiger partial charge in [0.1, 0.15) is 11.3 Å². The number of halogens is 1. The van der Waals surface area contributed by atoms with Crippen LogP contribution in [-0.2, 0) is 4.84 Å². The molecule has 22 heavy (non-hydrogen) atoms. The number of nitrogens with zero attached hydrogens (tertiary/aromatic N) is 2. The molecule has 0 radical (unpaired) electrons. The summed E-state index contributed by atoms with van der Waals surface area (Å²) < 4.78 is 0. The predicted octanol–water partition coefficient (Wildman–Crippen LogP) is 2.38. The number of rotatable bonds is 0. The van der Waals surface area contributed by atoms with Crippen molar-refractivity contribution < 1.29 is 9.63 Å². The first-order chi connectivity index (χ1) is 10.6. The minimum absolute atomic E-state index is 0.329. The Morgan fingerprint density at radius 3 is 2.82 bits per heavy atom. The summed E-state index contributed by atoms with van der Waals surface area (Å²) in [4.78, 5) is 18.4. The third-order valence-corrected chi connectivity index (χ3v) is 4.24. The third kappa shape index (κ3) is 3.18. The van der Waals surface area contributed by atoms with Gasteiger partial charge in [-0.1, -0.05) is 28.7 Å². The Hall–Kier alpha value is -2.19. The number of likely N-dealkylation sites (tertiary alicyclic amines) is 1. The van der Waals surface area contributed by atoms with Crippen LogP contribution in [0.1, 0.15) is 24.8 Å². The van der Waals surface area contributed by atoms with Crippen LogP contribution in [0.4, 0.5) is 4.79 Å². The summed E-state index contributed by atoms with van der Waals surface area (Å²) in [5, 5.41) is 4.75. The molecule has 0 aliphatic carbocycles. The molecule has 0 atom stereocenters. The maximum Gasteiger partial charge on any atom is 0.314 e. The number of carbonyl (C=O) groups excluding carboxylic acids is 1. The molecule has 0 saturated carbocycles. The van der Waals surface area contributed by atoms with Gasteiger partial charge in [-0.15, -0.1) is 0 Å². The van der Waals surface area contributed by atoms with Crippen molar-refractivity contribution in [2.24, 2.45) is 10.9 Å². The molecule has 1 aromatic rings. The number of oxime groups is 1. The first-order valence-electron chi connectivity index (χ1n) is 7.13. The number of hydrogen-bond donors (Lipinski definition) is 1. The fraction of sp³-hybridized carbons (Fsp3) is 0.375. The molecule has 1 saturated heterocycles. The van der Waals surface area contributed by atoms with Crippen LogP contribution in [0, 0.1) is 11.8 Å². The Balaban J connectivity index is 1.62. The fourth-order valence-corrected chi connectivity index (χ4v) is 2.89. The number of nitrogens with two attached hydrogens (primary N) is 1. The quantitative estimate of drug-likeness (QED) is 0.746. The van der Waals surface area contributed by atoms with Crippen LogP contribution in [0.5, 0.6) is 0 Å². The first-order valence-corrected chi connectivity index (χ1v) is 7.51. The Morgan fingerprint density at radius 1 is 1.36 bits per heavy atom. The lowest BCUT2D eigenvalue weighted by Crippen LogP contribution is -2.48.